The van der Waals surface area contributed by atoms with Crippen LogP contribution in [0.25, 0.3) is 0 Å². The fraction of sp³-hybridized carbons (Fsp3) is 0.846. The lowest BCUT2D eigenvalue weighted by Crippen LogP contribution is -2.60. The molecule has 0 aliphatic carbocycles. The first-order valence-corrected chi connectivity index (χ1v) is 6.14. The molecule has 0 aromatic heterocycles. The molecule has 0 radical (unpaired) electrons. The molecule has 1 fully saturated rings. The quantitative estimate of drug-likeness (QED) is 0.661. The maximum Gasteiger partial charge on any atom is 0.0439 e. The molecule has 0 aromatic carbocycles. The van der Waals surface area contributed by atoms with E-state index in [1.807, 2.05) is 0 Å². The van der Waals surface area contributed by atoms with Crippen molar-refractivity contribution < 1.29 is 0 Å². The van der Waals surface area contributed by atoms with Gasteiger partial charge in [-0.1, -0.05) is 20.3 Å². The second kappa shape index (κ2) is 4.56. The fourth-order valence-electron chi connectivity index (χ4n) is 2.04. The van der Waals surface area contributed by atoms with E-state index in [1.165, 1.54) is 19.4 Å². The molecule has 1 saturated heterocycles. The molecule has 0 saturated carbocycles. The Balaban J connectivity index is 0.000000337. The standard InChI is InChI=1S/C10H18N2.C3H8/c1-9(2)8-12-7-5-10(12,3)4-6-11-9;1-3-2/h4,6,11H,5,7-8H2,1-3H3;3H2,1-2H3. The van der Waals surface area contributed by atoms with Crippen LogP contribution in [0.4, 0.5) is 0 Å². The van der Waals surface area contributed by atoms with Crippen LogP contribution in [0.15, 0.2) is 12.3 Å². The smallest absolute Gasteiger partial charge is 0.0439 e. The Morgan fingerprint density at radius 1 is 1.27 bits per heavy atom. The summed E-state index contributed by atoms with van der Waals surface area (Å²) in [5, 5.41) is 3.42. The second-order valence-electron chi connectivity index (χ2n) is 5.60. The van der Waals surface area contributed by atoms with Gasteiger partial charge in [0.2, 0.25) is 0 Å². The van der Waals surface area contributed by atoms with Crippen molar-refractivity contribution in [3.8, 4) is 0 Å². The normalized spacial score (nSPS) is 32.6. The SMILES string of the molecule is CC1(C)CN2CCC2(C)C=CN1.CCC. The number of fused-ring (bicyclic) bond motifs is 1. The van der Waals surface area contributed by atoms with Gasteiger partial charge in [0, 0.05) is 24.2 Å². The molecule has 2 nitrogen and oxygen atoms in total. The van der Waals surface area contributed by atoms with Gasteiger partial charge in [-0.25, -0.2) is 0 Å². The molecule has 2 rings (SSSR count). The van der Waals surface area contributed by atoms with Crippen molar-refractivity contribution in [3.63, 3.8) is 0 Å². The minimum absolute atomic E-state index is 0.231. The molecule has 2 heteroatoms. The van der Waals surface area contributed by atoms with Crippen molar-refractivity contribution >= 4 is 0 Å². The van der Waals surface area contributed by atoms with Gasteiger partial charge >= 0.3 is 0 Å². The zero-order valence-corrected chi connectivity index (χ0v) is 10.9. The lowest BCUT2D eigenvalue weighted by atomic mass is 9.86. The Labute approximate surface area is 94.7 Å². The van der Waals surface area contributed by atoms with E-state index in [-0.39, 0.29) is 5.54 Å². The summed E-state index contributed by atoms with van der Waals surface area (Å²) in [6.45, 7) is 13.5. The van der Waals surface area contributed by atoms with Crippen molar-refractivity contribution in [2.45, 2.75) is 58.5 Å². The summed E-state index contributed by atoms with van der Waals surface area (Å²) in [5.74, 6) is 0. The van der Waals surface area contributed by atoms with Gasteiger partial charge < -0.3 is 5.32 Å². The van der Waals surface area contributed by atoms with Crippen LogP contribution in [-0.2, 0) is 0 Å². The molecule has 88 valence electrons. The summed E-state index contributed by atoms with van der Waals surface area (Å²) >= 11 is 0. The van der Waals surface area contributed by atoms with E-state index in [4.69, 9.17) is 0 Å². The van der Waals surface area contributed by atoms with E-state index < -0.39 is 0 Å². The Bertz CT molecular complexity index is 233. The topological polar surface area (TPSA) is 15.3 Å². The van der Waals surface area contributed by atoms with Gasteiger partial charge in [0.15, 0.2) is 0 Å². The average molecular weight is 210 g/mol. The summed E-state index contributed by atoms with van der Waals surface area (Å²) in [7, 11) is 0. The summed E-state index contributed by atoms with van der Waals surface area (Å²) in [6, 6.07) is 0. The molecule has 2 aliphatic heterocycles. The van der Waals surface area contributed by atoms with Gasteiger partial charge in [0.05, 0.1) is 0 Å². The van der Waals surface area contributed by atoms with Crippen molar-refractivity contribution in [1.82, 2.24) is 10.2 Å². The lowest BCUT2D eigenvalue weighted by Gasteiger charge is -2.50. The van der Waals surface area contributed by atoms with Crippen LogP contribution in [-0.4, -0.2) is 29.1 Å². The van der Waals surface area contributed by atoms with Crippen LogP contribution < -0.4 is 5.32 Å². The van der Waals surface area contributed by atoms with Gasteiger partial charge in [-0.05, 0) is 39.5 Å². The predicted molar refractivity (Wildman–Crippen MR) is 66.9 cm³/mol. The molecule has 15 heavy (non-hydrogen) atoms. The third-order valence-corrected chi connectivity index (χ3v) is 3.11. The summed E-state index contributed by atoms with van der Waals surface area (Å²) < 4.78 is 0. The molecular formula is C13H26N2. The lowest BCUT2D eigenvalue weighted by molar-refractivity contribution is 0.0257. The Hall–Kier alpha value is -0.500. The number of nitrogens with zero attached hydrogens (tertiary/aromatic N) is 1. The largest absolute Gasteiger partial charge is 0.385 e. The first-order valence-electron chi connectivity index (χ1n) is 6.14. The van der Waals surface area contributed by atoms with Gasteiger partial charge in [-0.15, -0.1) is 0 Å². The minimum atomic E-state index is 0.231. The fourth-order valence-corrected chi connectivity index (χ4v) is 2.04. The number of rotatable bonds is 0. The first kappa shape index (κ1) is 12.6. The summed E-state index contributed by atoms with van der Waals surface area (Å²) in [4.78, 5) is 2.55. The molecule has 0 aromatic rings. The Morgan fingerprint density at radius 2 is 1.87 bits per heavy atom. The van der Waals surface area contributed by atoms with E-state index >= 15 is 0 Å². The van der Waals surface area contributed by atoms with E-state index in [0.717, 1.165) is 6.54 Å². The Kier molecular flexibility index (Phi) is 3.82. The van der Waals surface area contributed by atoms with Crippen LogP contribution >= 0.6 is 0 Å². The third-order valence-electron chi connectivity index (χ3n) is 3.11. The third kappa shape index (κ3) is 2.97. The predicted octanol–water partition coefficient (Wildman–Crippen LogP) is 2.76. The molecule has 1 unspecified atom stereocenters. The number of hydrogen-bond acceptors (Lipinski definition) is 2. The van der Waals surface area contributed by atoms with Gasteiger partial charge in [0.25, 0.3) is 0 Å². The highest BCUT2D eigenvalue weighted by molar-refractivity contribution is 5.15. The van der Waals surface area contributed by atoms with Gasteiger partial charge in [0.1, 0.15) is 0 Å². The van der Waals surface area contributed by atoms with Crippen molar-refractivity contribution in [2.75, 3.05) is 13.1 Å². The molecule has 0 spiro atoms. The maximum absolute atomic E-state index is 3.42. The van der Waals surface area contributed by atoms with Crippen molar-refractivity contribution in [3.05, 3.63) is 12.3 Å². The zero-order valence-electron chi connectivity index (χ0n) is 10.9. The Morgan fingerprint density at radius 3 is 2.33 bits per heavy atom. The molecule has 0 amide bonds. The molecule has 2 aliphatic rings. The molecule has 2 heterocycles. The number of nitrogens with one attached hydrogen (secondary N) is 1. The van der Waals surface area contributed by atoms with Crippen LogP contribution in [0.5, 0.6) is 0 Å². The number of hydrogen-bond donors (Lipinski definition) is 1. The van der Waals surface area contributed by atoms with Crippen LogP contribution in [0, 0.1) is 0 Å². The molecule has 0 bridgehead atoms. The van der Waals surface area contributed by atoms with Crippen LogP contribution in [0.1, 0.15) is 47.5 Å². The highest BCUT2D eigenvalue weighted by Crippen LogP contribution is 2.34. The molecule has 1 N–H and O–H groups in total. The van der Waals surface area contributed by atoms with Crippen molar-refractivity contribution in [1.29, 1.82) is 0 Å². The highest BCUT2D eigenvalue weighted by atomic mass is 15.3. The van der Waals surface area contributed by atoms with E-state index in [1.54, 1.807) is 0 Å². The monoisotopic (exact) mass is 210 g/mol. The van der Waals surface area contributed by atoms with E-state index in [2.05, 4.69) is 57.1 Å². The minimum Gasteiger partial charge on any atom is -0.385 e. The zero-order chi connectivity index (χ0) is 11.5. The van der Waals surface area contributed by atoms with E-state index in [9.17, 15) is 0 Å². The summed E-state index contributed by atoms with van der Waals surface area (Å²) in [6.07, 6.45) is 6.98. The highest BCUT2D eigenvalue weighted by Gasteiger charge is 2.41. The average Bonchev–Trinajstić information content (AvgIpc) is 2.19. The van der Waals surface area contributed by atoms with Gasteiger partial charge in [-0.2, -0.15) is 0 Å². The maximum atomic E-state index is 3.42. The van der Waals surface area contributed by atoms with E-state index in [0.29, 0.717) is 5.54 Å². The van der Waals surface area contributed by atoms with Gasteiger partial charge in [-0.3, -0.25) is 4.90 Å². The molecular weight excluding hydrogens is 184 g/mol. The van der Waals surface area contributed by atoms with Crippen LogP contribution in [0.2, 0.25) is 0 Å². The summed E-state index contributed by atoms with van der Waals surface area (Å²) in [5.41, 5.74) is 0.579. The molecule has 1 atom stereocenters. The van der Waals surface area contributed by atoms with Crippen LogP contribution in [0.3, 0.4) is 0 Å². The van der Waals surface area contributed by atoms with Crippen molar-refractivity contribution in [2.24, 2.45) is 0 Å². The first-order chi connectivity index (χ1) is 6.93. The second-order valence-corrected chi connectivity index (χ2v) is 5.60.